The van der Waals surface area contributed by atoms with E-state index in [9.17, 15) is 23.1 Å². The van der Waals surface area contributed by atoms with E-state index in [4.69, 9.17) is 14.2 Å². The number of hydrogen-bond donors (Lipinski definition) is 3. The lowest BCUT2D eigenvalue weighted by Gasteiger charge is -2.29. The number of amides is 2. The minimum Gasteiger partial charge on any atom is -0.502 e. The number of hydrogen-bond acceptors (Lipinski definition) is 8. The highest BCUT2D eigenvalue weighted by atomic mass is 32.2. The molecule has 1 heterocycles. The maximum atomic E-state index is 13.1. The third-order valence-electron chi connectivity index (χ3n) is 5.20. The number of sulfone groups is 1. The second kappa shape index (κ2) is 10.0. The predicted molar refractivity (Wildman–Crippen MR) is 123 cm³/mol. The van der Waals surface area contributed by atoms with Crippen LogP contribution in [0, 0.1) is 6.92 Å². The molecule has 1 aliphatic rings. The molecule has 0 saturated carbocycles. The average molecular weight is 491 g/mol. The fourth-order valence-corrected chi connectivity index (χ4v) is 4.86. The normalized spacial score (nSPS) is 15.9. The van der Waals surface area contributed by atoms with Gasteiger partial charge in [-0.1, -0.05) is 17.7 Å². The maximum Gasteiger partial charge on any atom is 0.338 e. The second-order valence-corrected chi connectivity index (χ2v) is 9.48. The quantitative estimate of drug-likeness (QED) is 0.479. The van der Waals surface area contributed by atoms with Gasteiger partial charge >= 0.3 is 12.0 Å². The lowest BCUT2D eigenvalue weighted by Crippen LogP contribution is -2.47. The average Bonchev–Trinajstić information content (AvgIpc) is 2.79. The van der Waals surface area contributed by atoms with Crippen LogP contribution in [0.25, 0.3) is 0 Å². The fraction of sp³-hybridized carbons (Fsp3) is 0.304. The van der Waals surface area contributed by atoms with Gasteiger partial charge < -0.3 is 30.0 Å². The van der Waals surface area contributed by atoms with Crippen molar-refractivity contribution >= 4 is 21.8 Å². The van der Waals surface area contributed by atoms with E-state index in [1.54, 1.807) is 19.1 Å². The van der Waals surface area contributed by atoms with Crippen LogP contribution in [0.4, 0.5) is 4.79 Å². The topological polar surface area (TPSA) is 140 Å². The number of aryl methyl sites for hydroxylation is 1. The molecular weight excluding hydrogens is 464 g/mol. The Balaban J connectivity index is 2.17. The van der Waals surface area contributed by atoms with Gasteiger partial charge in [0.05, 0.1) is 43.1 Å². The molecule has 1 atom stereocenters. The summed E-state index contributed by atoms with van der Waals surface area (Å²) in [6.45, 7) is 3.47. The van der Waals surface area contributed by atoms with Crippen LogP contribution in [0.1, 0.15) is 24.1 Å². The summed E-state index contributed by atoms with van der Waals surface area (Å²) in [5.74, 6) is -1.63. The number of nitrogens with one attached hydrogen (secondary N) is 2. The number of ether oxygens (including phenoxy) is 3. The molecule has 2 aromatic rings. The van der Waals surface area contributed by atoms with Crippen LogP contribution in [0.3, 0.4) is 0 Å². The second-order valence-electron chi connectivity index (χ2n) is 7.49. The number of aromatic hydroxyl groups is 1. The minimum atomic E-state index is -3.92. The van der Waals surface area contributed by atoms with E-state index in [2.05, 4.69) is 10.6 Å². The first-order valence-corrected chi connectivity index (χ1v) is 12.0. The summed E-state index contributed by atoms with van der Waals surface area (Å²) in [6.07, 6.45) is 0. The van der Waals surface area contributed by atoms with Gasteiger partial charge in [-0.05, 0) is 43.7 Å². The van der Waals surface area contributed by atoms with Gasteiger partial charge in [0.25, 0.3) is 0 Å². The number of rotatable bonds is 8. The smallest absolute Gasteiger partial charge is 0.338 e. The van der Waals surface area contributed by atoms with Crippen molar-refractivity contribution in [1.29, 1.82) is 0 Å². The molecule has 0 aromatic heterocycles. The van der Waals surface area contributed by atoms with Crippen LogP contribution in [-0.2, 0) is 19.4 Å². The maximum absolute atomic E-state index is 13.1. The monoisotopic (exact) mass is 490 g/mol. The molecule has 3 N–H and O–H groups in total. The van der Waals surface area contributed by atoms with Crippen molar-refractivity contribution < 1.29 is 37.3 Å². The first-order valence-electron chi connectivity index (χ1n) is 10.3. The number of benzene rings is 2. The van der Waals surface area contributed by atoms with Crippen LogP contribution in [0.5, 0.6) is 17.2 Å². The molecule has 0 unspecified atom stereocenters. The van der Waals surface area contributed by atoms with E-state index in [1.807, 2.05) is 6.92 Å². The molecule has 10 nitrogen and oxygen atoms in total. The summed E-state index contributed by atoms with van der Waals surface area (Å²) in [4.78, 5) is 25.5. The third-order valence-corrected chi connectivity index (χ3v) is 6.86. The first kappa shape index (κ1) is 24.9. The molecule has 11 heteroatoms. The zero-order valence-corrected chi connectivity index (χ0v) is 20.0. The Morgan fingerprint density at radius 3 is 2.21 bits per heavy atom. The van der Waals surface area contributed by atoms with E-state index >= 15 is 0 Å². The highest BCUT2D eigenvalue weighted by molar-refractivity contribution is 7.91. The Kier molecular flexibility index (Phi) is 7.35. The van der Waals surface area contributed by atoms with Crippen LogP contribution < -0.4 is 20.1 Å². The molecule has 0 radical (unpaired) electrons. The van der Waals surface area contributed by atoms with Crippen molar-refractivity contribution in [2.45, 2.75) is 24.8 Å². The van der Waals surface area contributed by atoms with Gasteiger partial charge in [-0.2, -0.15) is 0 Å². The van der Waals surface area contributed by atoms with Gasteiger partial charge in [-0.25, -0.2) is 18.0 Å². The van der Waals surface area contributed by atoms with E-state index < -0.39 is 33.6 Å². The van der Waals surface area contributed by atoms with Gasteiger partial charge in [0, 0.05) is 5.70 Å². The van der Waals surface area contributed by atoms with E-state index in [0.29, 0.717) is 5.56 Å². The lowest BCUT2D eigenvalue weighted by atomic mass is 9.95. The highest BCUT2D eigenvalue weighted by Gasteiger charge is 2.36. The molecule has 0 bridgehead atoms. The van der Waals surface area contributed by atoms with Crippen LogP contribution in [-0.4, -0.2) is 52.1 Å². The molecule has 2 amide bonds. The fourth-order valence-electron chi connectivity index (χ4n) is 3.53. The summed E-state index contributed by atoms with van der Waals surface area (Å²) in [5, 5.41) is 15.3. The van der Waals surface area contributed by atoms with Gasteiger partial charge in [0.1, 0.15) is 0 Å². The van der Waals surface area contributed by atoms with Gasteiger partial charge in [0.15, 0.2) is 21.3 Å². The zero-order valence-electron chi connectivity index (χ0n) is 19.2. The minimum absolute atomic E-state index is 0.0310. The largest absolute Gasteiger partial charge is 0.502 e. The number of phenols is 1. The van der Waals surface area contributed by atoms with Crippen molar-refractivity contribution in [3.8, 4) is 17.2 Å². The molecule has 0 spiro atoms. The first-order chi connectivity index (χ1) is 16.1. The summed E-state index contributed by atoms with van der Waals surface area (Å²) in [7, 11) is -1.25. The Labute approximate surface area is 197 Å². The Morgan fingerprint density at radius 1 is 1.09 bits per heavy atom. The number of carbonyl (C=O) groups is 2. The Morgan fingerprint density at radius 2 is 1.68 bits per heavy atom. The zero-order chi connectivity index (χ0) is 25.0. The number of esters is 1. The third kappa shape index (κ3) is 5.09. The number of carbonyl (C=O) groups excluding carboxylic acids is 2. The van der Waals surface area contributed by atoms with E-state index in [0.717, 1.165) is 5.56 Å². The molecule has 182 valence electrons. The number of methoxy groups -OCH3 is 2. The molecule has 2 aromatic carbocycles. The molecule has 1 aliphatic heterocycles. The molecule has 0 saturated heterocycles. The van der Waals surface area contributed by atoms with E-state index in [1.165, 1.54) is 38.5 Å². The Hall–Kier alpha value is -3.73. The van der Waals surface area contributed by atoms with Crippen molar-refractivity contribution in [2.24, 2.45) is 0 Å². The lowest BCUT2D eigenvalue weighted by molar-refractivity contribution is -0.139. The van der Waals surface area contributed by atoms with Crippen molar-refractivity contribution in [2.75, 3.05) is 26.6 Å². The highest BCUT2D eigenvalue weighted by Crippen LogP contribution is 2.41. The predicted octanol–water partition coefficient (Wildman–Crippen LogP) is 2.36. The molecule has 3 rings (SSSR count). The molecule has 0 aliphatic carbocycles. The summed E-state index contributed by atoms with van der Waals surface area (Å²) >= 11 is 0. The van der Waals surface area contributed by atoms with Gasteiger partial charge in [-0.15, -0.1) is 0 Å². The van der Waals surface area contributed by atoms with E-state index in [-0.39, 0.29) is 40.0 Å². The van der Waals surface area contributed by atoms with Crippen LogP contribution in [0.15, 0.2) is 52.6 Å². The Bertz CT molecular complexity index is 1210. The van der Waals surface area contributed by atoms with Crippen LogP contribution >= 0.6 is 0 Å². The molecular formula is C23H26N2O8S. The summed E-state index contributed by atoms with van der Waals surface area (Å²) in [6, 6.07) is 7.27. The molecule has 0 fully saturated rings. The van der Waals surface area contributed by atoms with Crippen molar-refractivity contribution in [3.05, 3.63) is 58.8 Å². The van der Waals surface area contributed by atoms with Crippen molar-refractivity contribution in [1.82, 2.24) is 10.6 Å². The van der Waals surface area contributed by atoms with Crippen molar-refractivity contribution in [3.63, 3.8) is 0 Å². The van der Waals surface area contributed by atoms with Crippen LogP contribution in [0.2, 0.25) is 0 Å². The summed E-state index contributed by atoms with van der Waals surface area (Å²) < 4.78 is 41.7. The van der Waals surface area contributed by atoms with Gasteiger partial charge in [-0.3, -0.25) is 0 Å². The number of phenolic OH excluding ortho intramolecular Hbond substituents is 1. The standard InChI is InChI=1S/C23H26N2O8S/c1-5-33-22(27)19-16(12-34(29,30)15-8-6-13(2)7-9-15)24-23(28)25-20(19)14-10-17(31-3)21(26)18(11-14)32-4/h6-11,20,26H,5,12H2,1-4H3,(H2,24,25,28)/t20-/m1/s1. The number of urea groups is 1. The molecule has 34 heavy (non-hydrogen) atoms. The van der Waals surface area contributed by atoms with Gasteiger partial charge in [0.2, 0.25) is 5.75 Å². The SMILES string of the molecule is CCOC(=O)C1=C(CS(=O)(=O)c2ccc(C)cc2)NC(=O)N[C@@H]1c1cc(OC)c(O)c(OC)c1. The summed E-state index contributed by atoms with van der Waals surface area (Å²) in [5.41, 5.74) is 0.996.